The van der Waals surface area contributed by atoms with Gasteiger partial charge in [0.2, 0.25) is 0 Å². The second kappa shape index (κ2) is 8.29. The van der Waals surface area contributed by atoms with Gasteiger partial charge < -0.3 is 5.32 Å². The minimum absolute atomic E-state index is 0.263. The molecule has 2 amide bonds. The van der Waals surface area contributed by atoms with Gasteiger partial charge >= 0.3 is 6.03 Å². The zero-order valence-corrected chi connectivity index (χ0v) is 17.2. The molecule has 148 valence electrons. The van der Waals surface area contributed by atoms with Crippen LogP contribution < -0.4 is 10.6 Å². The number of hydrogen-bond acceptors (Lipinski definition) is 3. The Balaban J connectivity index is 1.74. The number of benzene rings is 1. The third-order valence-electron chi connectivity index (χ3n) is 4.81. The van der Waals surface area contributed by atoms with Crippen LogP contribution in [0.15, 0.2) is 30.3 Å². The molecule has 0 fully saturated rings. The van der Waals surface area contributed by atoms with Crippen LogP contribution in [0.1, 0.15) is 42.1 Å². The smallest absolute Gasteiger partial charge is 0.320 e. The van der Waals surface area contributed by atoms with E-state index in [1.807, 2.05) is 55.9 Å². The maximum absolute atomic E-state index is 12.5. The molecule has 0 aliphatic carbocycles. The molecule has 3 aromatic rings. The van der Waals surface area contributed by atoms with Gasteiger partial charge in [-0.05, 0) is 38.8 Å². The van der Waals surface area contributed by atoms with Crippen molar-refractivity contribution in [3.8, 4) is 5.69 Å². The molecule has 0 bridgehead atoms. The third kappa shape index (κ3) is 4.08. The van der Waals surface area contributed by atoms with E-state index in [-0.39, 0.29) is 6.03 Å². The van der Waals surface area contributed by atoms with E-state index in [4.69, 9.17) is 0 Å². The predicted octanol–water partition coefficient (Wildman–Crippen LogP) is 3.67. The number of anilines is 1. The zero-order valence-electron chi connectivity index (χ0n) is 17.2. The first kappa shape index (κ1) is 19.7. The average molecular weight is 380 g/mol. The van der Waals surface area contributed by atoms with Crippen LogP contribution in [0.2, 0.25) is 0 Å². The van der Waals surface area contributed by atoms with Crippen LogP contribution in [-0.4, -0.2) is 25.6 Å². The van der Waals surface area contributed by atoms with Crippen molar-refractivity contribution in [1.29, 1.82) is 0 Å². The predicted molar refractivity (Wildman–Crippen MR) is 111 cm³/mol. The maximum atomic E-state index is 12.5. The summed E-state index contributed by atoms with van der Waals surface area (Å²) in [6.07, 6.45) is 1.72. The Hall–Kier alpha value is -3.09. The highest BCUT2D eigenvalue weighted by Gasteiger charge is 2.15. The monoisotopic (exact) mass is 380 g/mol. The number of nitrogens with one attached hydrogen (secondary N) is 2. The van der Waals surface area contributed by atoms with Gasteiger partial charge in [-0.15, -0.1) is 0 Å². The van der Waals surface area contributed by atoms with Gasteiger partial charge in [0.25, 0.3) is 0 Å². The van der Waals surface area contributed by atoms with Crippen LogP contribution >= 0.6 is 0 Å². The molecule has 0 unspecified atom stereocenters. The minimum Gasteiger partial charge on any atom is -0.334 e. The SMILES string of the molecule is CCc1nn(C)c(CC)c1CNC(=O)Nc1cc(C)nn1-c1ccc(C)cc1. The second-order valence-electron chi connectivity index (χ2n) is 6.93. The van der Waals surface area contributed by atoms with E-state index in [2.05, 4.69) is 34.7 Å². The summed E-state index contributed by atoms with van der Waals surface area (Å²) in [5.74, 6) is 0.636. The van der Waals surface area contributed by atoms with Gasteiger partial charge in [0.05, 0.1) is 17.1 Å². The number of amides is 2. The molecule has 0 aliphatic heterocycles. The summed E-state index contributed by atoms with van der Waals surface area (Å²) in [5, 5.41) is 14.9. The van der Waals surface area contributed by atoms with E-state index in [0.717, 1.165) is 41.2 Å². The van der Waals surface area contributed by atoms with Gasteiger partial charge in [0.1, 0.15) is 5.82 Å². The molecule has 3 rings (SSSR count). The highest BCUT2D eigenvalue weighted by Crippen LogP contribution is 2.18. The number of aromatic nitrogens is 4. The molecule has 2 N–H and O–H groups in total. The fourth-order valence-electron chi connectivity index (χ4n) is 3.39. The summed E-state index contributed by atoms with van der Waals surface area (Å²) >= 11 is 0. The summed E-state index contributed by atoms with van der Waals surface area (Å²) in [7, 11) is 1.95. The number of carbonyl (C=O) groups is 1. The van der Waals surface area contributed by atoms with Gasteiger partial charge in [-0.3, -0.25) is 10.00 Å². The number of aryl methyl sites for hydroxylation is 4. The van der Waals surface area contributed by atoms with Crippen molar-refractivity contribution in [3.05, 3.63) is 58.5 Å². The fraction of sp³-hybridized carbons (Fsp3) is 0.381. The summed E-state index contributed by atoms with van der Waals surface area (Å²) < 4.78 is 3.65. The Bertz CT molecular complexity index is 968. The van der Waals surface area contributed by atoms with E-state index < -0.39 is 0 Å². The van der Waals surface area contributed by atoms with Crippen LogP contribution in [0.3, 0.4) is 0 Å². The lowest BCUT2D eigenvalue weighted by molar-refractivity contribution is 0.251. The van der Waals surface area contributed by atoms with Crippen LogP contribution in [-0.2, 0) is 26.4 Å². The highest BCUT2D eigenvalue weighted by atomic mass is 16.2. The first-order chi connectivity index (χ1) is 13.4. The number of urea groups is 1. The summed E-state index contributed by atoms with van der Waals surface area (Å²) in [6.45, 7) is 8.57. The molecule has 28 heavy (non-hydrogen) atoms. The summed E-state index contributed by atoms with van der Waals surface area (Å²) in [4.78, 5) is 12.5. The Morgan fingerprint density at radius 3 is 2.43 bits per heavy atom. The number of nitrogens with zero attached hydrogens (tertiary/aromatic N) is 4. The van der Waals surface area contributed by atoms with E-state index in [0.29, 0.717) is 12.4 Å². The van der Waals surface area contributed by atoms with Crippen molar-refractivity contribution < 1.29 is 4.79 Å². The molecular formula is C21H28N6O. The van der Waals surface area contributed by atoms with Gasteiger partial charge in [0.15, 0.2) is 0 Å². The van der Waals surface area contributed by atoms with Crippen molar-refractivity contribution in [2.24, 2.45) is 7.05 Å². The third-order valence-corrected chi connectivity index (χ3v) is 4.81. The summed E-state index contributed by atoms with van der Waals surface area (Å²) in [5.41, 5.74) is 6.20. The first-order valence-corrected chi connectivity index (χ1v) is 9.65. The van der Waals surface area contributed by atoms with E-state index in [1.54, 1.807) is 4.68 Å². The van der Waals surface area contributed by atoms with E-state index in [9.17, 15) is 4.79 Å². The number of hydrogen-bond donors (Lipinski definition) is 2. The lowest BCUT2D eigenvalue weighted by atomic mass is 10.1. The van der Waals surface area contributed by atoms with Gasteiger partial charge in [-0.2, -0.15) is 10.2 Å². The largest absolute Gasteiger partial charge is 0.334 e. The van der Waals surface area contributed by atoms with Gasteiger partial charge in [0, 0.05) is 30.9 Å². The Morgan fingerprint density at radius 1 is 1.07 bits per heavy atom. The molecule has 2 heterocycles. The molecule has 7 heteroatoms. The molecule has 0 spiro atoms. The molecule has 2 aromatic heterocycles. The van der Waals surface area contributed by atoms with E-state index in [1.165, 1.54) is 5.56 Å². The molecular weight excluding hydrogens is 352 g/mol. The van der Waals surface area contributed by atoms with Crippen LogP contribution in [0.25, 0.3) is 5.69 Å². The molecule has 0 radical (unpaired) electrons. The Kier molecular flexibility index (Phi) is 5.82. The standard InChI is InChI=1S/C21H28N6O/c1-6-18-17(19(7-2)26(5)25-18)13-22-21(28)23-20-12-15(4)24-27(20)16-10-8-14(3)9-11-16/h8-12H,6-7,13H2,1-5H3,(H2,22,23,28). The molecule has 0 saturated heterocycles. The Labute approximate surface area is 165 Å². The minimum atomic E-state index is -0.263. The molecule has 0 aliphatic rings. The van der Waals surface area contributed by atoms with Crippen molar-refractivity contribution in [2.75, 3.05) is 5.32 Å². The first-order valence-electron chi connectivity index (χ1n) is 9.65. The quantitative estimate of drug-likeness (QED) is 0.685. The lowest BCUT2D eigenvalue weighted by Gasteiger charge is -2.11. The molecule has 1 aromatic carbocycles. The highest BCUT2D eigenvalue weighted by molar-refractivity contribution is 5.88. The van der Waals surface area contributed by atoms with Crippen molar-refractivity contribution >= 4 is 11.8 Å². The number of carbonyl (C=O) groups excluding carboxylic acids is 1. The van der Waals surface area contributed by atoms with Gasteiger partial charge in [-0.25, -0.2) is 9.48 Å². The topological polar surface area (TPSA) is 76.8 Å². The van der Waals surface area contributed by atoms with Crippen molar-refractivity contribution in [3.63, 3.8) is 0 Å². The van der Waals surface area contributed by atoms with Crippen molar-refractivity contribution in [2.45, 2.75) is 47.1 Å². The fourth-order valence-corrected chi connectivity index (χ4v) is 3.39. The summed E-state index contributed by atoms with van der Waals surface area (Å²) in [6, 6.07) is 9.62. The van der Waals surface area contributed by atoms with Crippen LogP contribution in [0.4, 0.5) is 10.6 Å². The average Bonchev–Trinajstić information content (AvgIpc) is 3.19. The van der Waals surface area contributed by atoms with E-state index >= 15 is 0 Å². The van der Waals surface area contributed by atoms with Crippen LogP contribution in [0.5, 0.6) is 0 Å². The number of rotatable bonds is 6. The Morgan fingerprint density at radius 2 is 1.79 bits per heavy atom. The van der Waals surface area contributed by atoms with Gasteiger partial charge in [-0.1, -0.05) is 31.5 Å². The lowest BCUT2D eigenvalue weighted by Crippen LogP contribution is -2.29. The maximum Gasteiger partial charge on any atom is 0.320 e. The molecule has 0 saturated carbocycles. The van der Waals surface area contributed by atoms with Crippen LogP contribution in [0, 0.1) is 13.8 Å². The zero-order chi connectivity index (χ0) is 20.3. The normalized spacial score (nSPS) is 10.9. The molecule has 0 atom stereocenters. The van der Waals surface area contributed by atoms with Crippen molar-refractivity contribution in [1.82, 2.24) is 24.9 Å². The molecule has 7 nitrogen and oxygen atoms in total. The second-order valence-corrected chi connectivity index (χ2v) is 6.93.